The number of anilines is 3. The van der Waals surface area contributed by atoms with Crippen LogP contribution in [0.5, 0.6) is 0 Å². The molecular weight excluding hydrogens is 326 g/mol. The minimum atomic E-state index is -0.302. The molecule has 0 spiro atoms. The second-order valence-electron chi connectivity index (χ2n) is 5.78. The molecule has 0 fully saturated rings. The predicted molar refractivity (Wildman–Crippen MR) is 100 cm³/mol. The highest BCUT2D eigenvalue weighted by Crippen LogP contribution is 2.19. The average Bonchev–Trinajstić information content (AvgIpc) is 2.66. The molecule has 3 aromatic rings. The fourth-order valence-corrected chi connectivity index (χ4v) is 2.38. The number of aromatic nitrogens is 2. The summed E-state index contributed by atoms with van der Waals surface area (Å²) < 4.78 is 0. The van der Waals surface area contributed by atoms with Gasteiger partial charge in [-0.15, -0.1) is 0 Å². The van der Waals surface area contributed by atoms with E-state index in [0.29, 0.717) is 11.5 Å². The lowest BCUT2D eigenvalue weighted by molar-refractivity contribution is 0.102. The van der Waals surface area contributed by atoms with Crippen LogP contribution in [0.1, 0.15) is 27.2 Å². The van der Waals surface area contributed by atoms with Crippen molar-refractivity contribution < 1.29 is 4.79 Å². The summed E-state index contributed by atoms with van der Waals surface area (Å²) in [6, 6.07) is 16.3. The second-order valence-corrected chi connectivity index (χ2v) is 5.78. The quantitative estimate of drug-likeness (QED) is 0.748. The Kier molecular flexibility index (Phi) is 4.90. The highest BCUT2D eigenvalue weighted by molar-refractivity contribution is 6.03. The zero-order valence-electron chi connectivity index (χ0n) is 14.4. The Morgan fingerprint density at radius 3 is 2.58 bits per heavy atom. The first-order chi connectivity index (χ1) is 12.6. The molecule has 0 bridgehead atoms. The molecule has 6 nitrogen and oxygen atoms in total. The number of nitrogens with zero attached hydrogens (tertiary/aromatic N) is 3. The maximum absolute atomic E-state index is 12.5. The van der Waals surface area contributed by atoms with E-state index in [4.69, 9.17) is 5.26 Å². The van der Waals surface area contributed by atoms with Gasteiger partial charge >= 0.3 is 0 Å². The van der Waals surface area contributed by atoms with Crippen LogP contribution in [-0.4, -0.2) is 15.9 Å². The summed E-state index contributed by atoms with van der Waals surface area (Å²) in [7, 11) is 0. The SMILES string of the molecule is Cc1cccc(NC(=O)c2ccnc(Nc3ccc(C#N)cc3)n2)c1C. The van der Waals surface area contributed by atoms with Gasteiger partial charge in [0.25, 0.3) is 5.91 Å². The Bertz CT molecular complexity index is 990. The van der Waals surface area contributed by atoms with Crippen LogP contribution in [0.2, 0.25) is 0 Å². The summed E-state index contributed by atoms with van der Waals surface area (Å²) in [4.78, 5) is 20.9. The van der Waals surface area contributed by atoms with E-state index < -0.39 is 0 Å². The fraction of sp³-hybridized carbons (Fsp3) is 0.100. The van der Waals surface area contributed by atoms with Crippen LogP contribution < -0.4 is 10.6 Å². The van der Waals surface area contributed by atoms with E-state index in [-0.39, 0.29) is 11.6 Å². The molecule has 1 aromatic heterocycles. The lowest BCUT2D eigenvalue weighted by Gasteiger charge is -2.10. The van der Waals surface area contributed by atoms with Crippen molar-refractivity contribution in [3.63, 3.8) is 0 Å². The van der Waals surface area contributed by atoms with Crippen molar-refractivity contribution in [3.8, 4) is 6.07 Å². The number of hydrogen-bond donors (Lipinski definition) is 2. The number of nitriles is 1. The number of carbonyl (C=O) groups is 1. The lowest BCUT2D eigenvalue weighted by atomic mass is 10.1. The van der Waals surface area contributed by atoms with Crippen molar-refractivity contribution >= 4 is 23.2 Å². The second kappa shape index (κ2) is 7.45. The van der Waals surface area contributed by atoms with Gasteiger partial charge in [0.2, 0.25) is 5.95 Å². The Morgan fingerprint density at radius 1 is 1.08 bits per heavy atom. The van der Waals surface area contributed by atoms with Gasteiger partial charge in [-0.25, -0.2) is 9.97 Å². The van der Waals surface area contributed by atoms with E-state index in [9.17, 15) is 4.79 Å². The zero-order valence-corrected chi connectivity index (χ0v) is 14.4. The van der Waals surface area contributed by atoms with Crippen LogP contribution >= 0.6 is 0 Å². The summed E-state index contributed by atoms with van der Waals surface area (Å²) in [5, 5.41) is 14.7. The van der Waals surface area contributed by atoms with Gasteiger partial charge in [0.1, 0.15) is 5.69 Å². The van der Waals surface area contributed by atoms with Gasteiger partial charge in [0.15, 0.2) is 0 Å². The zero-order chi connectivity index (χ0) is 18.5. The summed E-state index contributed by atoms with van der Waals surface area (Å²) >= 11 is 0. The molecule has 26 heavy (non-hydrogen) atoms. The molecule has 0 aliphatic heterocycles. The van der Waals surface area contributed by atoms with Crippen molar-refractivity contribution in [2.45, 2.75) is 13.8 Å². The number of rotatable bonds is 4. The predicted octanol–water partition coefficient (Wildman–Crippen LogP) is 3.96. The Hall–Kier alpha value is -3.72. The normalized spacial score (nSPS) is 10.0. The molecule has 0 atom stereocenters. The standard InChI is InChI=1S/C20H17N5O/c1-13-4-3-5-17(14(13)2)24-19(26)18-10-11-22-20(25-18)23-16-8-6-15(12-21)7-9-16/h3-11H,1-2H3,(H,24,26)(H,22,23,25). The molecule has 2 aromatic carbocycles. The van der Waals surface area contributed by atoms with E-state index in [0.717, 1.165) is 22.5 Å². The fourth-order valence-electron chi connectivity index (χ4n) is 2.38. The Morgan fingerprint density at radius 2 is 1.85 bits per heavy atom. The summed E-state index contributed by atoms with van der Waals surface area (Å²) in [5.74, 6) is 0.00676. The molecule has 2 N–H and O–H groups in total. The summed E-state index contributed by atoms with van der Waals surface area (Å²) in [6.07, 6.45) is 1.52. The average molecular weight is 343 g/mol. The number of benzene rings is 2. The Labute approximate surface area is 151 Å². The molecule has 0 radical (unpaired) electrons. The number of carbonyl (C=O) groups excluding carboxylic acids is 1. The third kappa shape index (κ3) is 3.84. The van der Waals surface area contributed by atoms with Crippen molar-refractivity contribution in [2.24, 2.45) is 0 Å². The minimum absolute atomic E-state index is 0.261. The van der Waals surface area contributed by atoms with Crippen LogP contribution in [-0.2, 0) is 0 Å². The van der Waals surface area contributed by atoms with Crippen LogP contribution in [0.25, 0.3) is 0 Å². The van der Waals surface area contributed by atoms with E-state index in [2.05, 4.69) is 26.7 Å². The number of aryl methyl sites for hydroxylation is 1. The molecule has 0 unspecified atom stereocenters. The third-order valence-electron chi connectivity index (χ3n) is 4.01. The maximum Gasteiger partial charge on any atom is 0.274 e. The molecule has 0 saturated carbocycles. The maximum atomic E-state index is 12.5. The highest BCUT2D eigenvalue weighted by atomic mass is 16.1. The van der Waals surface area contributed by atoms with Crippen molar-refractivity contribution in [1.29, 1.82) is 5.26 Å². The molecule has 0 aliphatic rings. The van der Waals surface area contributed by atoms with Gasteiger partial charge in [-0.05, 0) is 61.4 Å². The third-order valence-corrected chi connectivity index (χ3v) is 4.01. The lowest BCUT2D eigenvalue weighted by Crippen LogP contribution is -2.15. The summed E-state index contributed by atoms with van der Waals surface area (Å²) in [5.41, 5.74) is 4.45. The van der Waals surface area contributed by atoms with Crippen LogP contribution in [0.4, 0.5) is 17.3 Å². The summed E-state index contributed by atoms with van der Waals surface area (Å²) in [6.45, 7) is 3.96. The molecule has 1 amide bonds. The minimum Gasteiger partial charge on any atom is -0.324 e. The molecule has 6 heteroatoms. The Balaban J connectivity index is 1.76. The molecule has 0 aliphatic carbocycles. The van der Waals surface area contributed by atoms with E-state index in [1.165, 1.54) is 6.20 Å². The highest BCUT2D eigenvalue weighted by Gasteiger charge is 2.11. The topological polar surface area (TPSA) is 90.7 Å². The molecular formula is C20H17N5O. The van der Waals surface area contributed by atoms with Crippen molar-refractivity contribution in [1.82, 2.24) is 9.97 Å². The number of nitrogens with one attached hydrogen (secondary N) is 2. The van der Waals surface area contributed by atoms with E-state index in [1.54, 1.807) is 30.3 Å². The van der Waals surface area contributed by atoms with E-state index >= 15 is 0 Å². The van der Waals surface area contributed by atoms with E-state index in [1.807, 2.05) is 32.0 Å². The van der Waals surface area contributed by atoms with Crippen LogP contribution in [0.3, 0.4) is 0 Å². The first kappa shape index (κ1) is 17.1. The van der Waals surface area contributed by atoms with Gasteiger partial charge < -0.3 is 10.6 Å². The number of hydrogen-bond acceptors (Lipinski definition) is 5. The monoisotopic (exact) mass is 343 g/mol. The van der Waals surface area contributed by atoms with Gasteiger partial charge in [-0.1, -0.05) is 12.1 Å². The molecule has 0 saturated heterocycles. The van der Waals surface area contributed by atoms with Gasteiger partial charge in [0, 0.05) is 17.6 Å². The molecule has 128 valence electrons. The molecule has 3 rings (SSSR count). The first-order valence-corrected chi connectivity index (χ1v) is 8.04. The molecule has 1 heterocycles. The van der Waals surface area contributed by atoms with Crippen LogP contribution in [0.15, 0.2) is 54.7 Å². The van der Waals surface area contributed by atoms with Crippen molar-refractivity contribution in [3.05, 3.63) is 77.1 Å². The van der Waals surface area contributed by atoms with Gasteiger partial charge in [0.05, 0.1) is 11.6 Å². The number of amides is 1. The van der Waals surface area contributed by atoms with Gasteiger partial charge in [-0.3, -0.25) is 4.79 Å². The van der Waals surface area contributed by atoms with Gasteiger partial charge in [-0.2, -0.15) is 5.26 Å². The van der Waals surface area contributed by atoms with Crippen molar-refractivity contribution in [2.75, 3.05) is 10.6 Å². The largest absolute Gasteiger partial charge is 0.324 e. The van der Waals surface area contributed by atoms with Crippen LogP contribution in [0, 0.1) is 25.2 Å². The first-order valence-electron chi connectivity index (χ1n) is 8.04. The smallest absolute Gasteiger partial charge is 0.274 e.